The number of likely N-dealkylation sites (tertiary alicyclic amines) is 1. The van der Waals surface area contributed by atoms with Crippen LogP contribution < -0.4 is 25.4 Å². The van der Waals surface area contributed by atoms with E-state index in [0.29, 0.717) is 40.4 Å². The van der Waals surface area contributed by atoms with Crippen molar-refractivity contribution in [1.82, 2.24) is 19.4 Å². The number of anilines is 4. The van der Waals surface area contributed by atoms with E-state index in [-0.39, 0.29) is 0 Å². The number of nitrogens with two attached hydrogens (primary N) is 1. The van der Waals surface area contributed by atoms with Crippen LogP contribution in [0.25, 0.3) is 22.2 Å². The topological polar surface area (TPSA) is 93.7 Å². The second-order valence-electron chi connectivity index (χ2n) is 9.83. The number of rotatable bonds is 8. The highest BCUT2D eigenvalue weighted by molar-refractivity contribution is 6.33. The van der Waals surface area contributed by atoms with E-state index in [2.05, 4.69) is 44.0 Å². The molecule has 0 amide bonds. The van der Waals surface area contributed by atoms with Gasteiger partial charge >= 0.3 is 0 Å². The second-order valence-corrected chi connectivity index (χ2v) is 10.2. The number of likely N-dealkylation sites (N-methyl/N-ethyl adjacent to an activating group) is 1. The van der Waals surface area contributed by atoms with E-state index in [1.165, 1.54) is 25.9 Å². The van der Waals surface area contributed by atoms with Crippen molar-refractivity contribution < 1.29 is 9.47 Å². The van der Waals surface area contributed by atoms with Crippen molar-refractivity contribution in [2.45, 2.75) is 19.4 Å². The Morgan fingerprint density at radius 2 is 2.05 bits per heavy atom. The van der Waals surface area contributed by atoms with E-state index in [9.17, 15) is 0 Å². The summed E-state index contributed by atoms with van der Waals surface area (Å²) in [5, 5.41) is 4.81. The van der Waals surface area contributed by atoms with E-state index < -0.39 is 0 Å². The SMILES string of the molecule is COc1cc(N(C)CCN2CCCC2)c(N)cc1Nc1ncc(Cl)c(-c2cn3c4c(cccc24)OCC3)n1. The van der Waals surface area contributed by atoms with Crippen LogP contribution in [0.3, 0.4) is 0 Å². The lowest BCUT2D eigenvalue weighted by molar-refractivity contribution is 0.287. The van der Waals surface area contributed by atoms with Crippen LogP contribution in [-0.4, -0.2) is 66.4 Å². The van der Waals surface area contributed by atoms with Gasteiger partial charge in [0.25, 0.3) is 0 Å². The molecule has 0 bridgehead atoms. The van der Waals surface area contributed by atoms with E-state index >= 15 is 0 Å². The van der Waals surface area contributed by atoms with Crippen molar-refractivity contribution in [3.8, 4) is 22.8 Å². The summed E-state index contributed by atoms with van der Waals surface area (Å²) in [5.41, 5.74) is 11.4. The van der Waals surface area contributed by atoms with Gasteiger partial charge in [0.2, 0.25) is 5.95 Å². The van der Waals surface area contributed by atoms with E-state index in [0.717, 1.165) is 47.5 Å². The maximum Gasteiger partial charge on any atom is 0.227 e. The largest absolute Gasteiger partial charge is 0.494 e. The molecule has 3 N–H and O–H groups in total. The highest BCUT2D eigenvalue weighted by atomic mass is 35.5. The molecule has 2 aromatic carbocycles. The molecule has 38 heavy (non-hydrogen) atoms. The standard InChI is InChI=1S/C28H32ClN7O2/c1-34(10-11-35-8-3-4-9-35)23-15-25(37-2)22(14-21(23)30)32-28-31-16-20(29)26(33-28)19-17-36-12-13-38-24-7-5-6-18(19)27(24)36/h5-7,14-17H,3-4,8-13,30H2,1-2H3,(H,31,32,33). The molecule has 2 aliphatic heterocycles. The van der Waals surface area contributed by atoms with Crippen molar-refractivity contribution in [2.24, 2.45) is 0 Å². The summed E-state index contributed by atoms with van der Waals surface area (Å²) < 4.78 is 13.8. The average molecular weight is 534 g/mol. The molecule has 2 aliphatic rings. The summed E-state index contributed by atoms with van der Waals surface area (Å²) in [7, 11) is 3.71. The first-order valence-corrected chi connectivity index (χ1v) is 13.3. The summed E-state index contributed by atoms with van der Waals surface area (Å²) in [5.74, 6) is 1.93. The third-order valence-corrected chi connectivity index (χ3v) is 7.68. The zero-order chi connectivity index (χ0) is 26.2. The van der Waals surface area contributed by atoms with Gasteiger partial charge in [0.1, 0.15) is 18.1 Å². The Labute approximate surface area is 227 Å². The number of hydrogen-bond acceptors (Lipinski definition) is 8. The van der Waals surface area contributed by atoms with Crippen LogP contribution in [0, 0.1) is 0 Å². The minimum Gasteiger partial charge on any atom is -0.494 e. The summed E-state index contributed by atoms with van der Waals surface area (Å²) in [4.78, 5) is 13.9. The molecule has 0 aliphatic carbocycles. The first kappa shape index (κ1) is 24.6. The average Bonchev–Trinajstić information content (AvgIpc) is 3.58. The maximum atomic E-state index is 6.61. The first-order valence-electron chi connectivity index (χ1n) is 13.0. The lowest BCUT2D eigenvalue weighted by atomic mass is 10.1. The monoisotopic (exact) mass is 533 g/mol. The Morgan fingerprint density at radius 1 is 1.21 bits per heavy atom. The molecule has 0 atom stereocenters. The number of nitrogens with zero attached hydrogens (tertiary/aromatic N) is 5. The van der Waals surface area contributed by atoms with Gasteiger partial charge in [0.05, 0.1) is 53.1 Å². The molecule has 0 radical (unpaired) electrons. The molecule has 6 rings (SSSR count). The molecule has 4 aromatic rings. The molecule has 0 spiro atoms. The fourth-order valence-electron chi connectivity index (χ4n) is 5.40. The lowest BCUT2D eigenvalue weighted by Crippen LogP contribution is -2.31. The van der Waals surface area contributed by atoms with Crippen molar-refractivity contribution in [3.05, 3.63) is 47.7 Å². The molecule has 4 heterocycles. The van der Waals surface area contributed by atoms with Gasteiger partial charge in [-0.2, -0.15) is 0 Å². The first-order chi connectivity index (χ1) is 18.5. The van der Waals surface area contributed by atoms with Crippen LogP contribution in [0.1, 0.15) is 12.8 Å². The predicted octanol–water partition coefficient (Wildman–Crippen LogP) is 5.01. The summed E-state index contributed by atoms with van der Waals surface area (Å²) in [6.45, 7) is 5.67. The van der Waals surface area contributed by atoms with Crippen molar-refractivity contribution in [2.75, 3.05) is 62.9 Å². The molecule has 0 unspecified atom stereocenters. The lowest BCUT2D eigenvalue weighted by Gasteiger charge is -2.25. The molecule has 1 saturated heterocycles. The summed E-state index contributed by atoms with van der Waals surface area (Å²) in [6.07, 6.45) is 6.27. The van der Waals surface area contributed by atoms with Crippen LogP contribution in [-0.2, 0) is 6.54 Å². The normalized spacial score (nSPS) is 15.0. The van der Waals surface area contributed by atoms with Gasteiger partial charge in [-0.1, -0.05) is 23.7 Å². The molecule has 0 saturated carbocycles. The Bertz CT molecular complexity index is 1480. The molecule has 9 nitrogen and oxygen atoms in total. The van der Waals surface area contributed by atoms with E-state index in [1.807, 2.05) is 24.3 Å². The zero-order valence-corrected chi connectivity index (χ0v) is 22.5. The minimum absolute atomic E-state index is 0.403. The number of para-hydroxylation sites is 1. The van der Waals surface area contributed by atoms with E-state index in [4.69, 9.17) is 31.8 Å². The second kappa shape index (κ2) is 10.2. The Kier molecular flexibility index (Phi) is 6.63. The predicted molar refractivity (Wildman–Crippen MR) is 153 cm³/mol. The van der Waals surface area contributed by atoms with Crippen LogP contribution in [0.15, 0.2) is 42.7 Å². The third-order valence-electron chi connectivity index (χ3n) is 7.41. The van der Waals surface area contributed by atoms with Crippen molar-refractivity contribution in [1.29, 1.82) is 0 Å². The molecule has 198 valence electrons. The van der Waals surface area contributed by atoms with Gasteiger partial charge in [0.15, 0.2) is 0 Å². The summed E-state index contributed by atoms with van der Waals surface area (Å²) >= 11 is 6.61. The molecular weight excluding hydrogens is 502 g/mol. The molecule has 2 aromatic heterocycles. The Balaban J connectivity index is 1.28. The van der Waals surface area contributed by atoms with Crippen LogP contribution in [0.4, 0.5) is 23.0 Å². The van der Waals surface area contributed by atoms with Crippen molar-refractivity contribution in [3.63, 3.8) is 0 Å². The maximum absolute atomic E-state index is 6.61. The highest BCUT2D eigenvalue weighted by Gasteiger charge is 2.21. The number of nitrogens with one attached hydrogen (secondary N) is 1. The van der Waals surface area contributed by atoms with E-state index in [1.54, 1.807) is 13.3 Å². The molecule has 10 heteroatoms. The molecular formula is C28H32ClN7O2. The van der Waals surface area contributed by atoms with Gasteiger partial charge in [-0.25, -0.2) is 9.97 Å². The smallest absolute Gasteiger partial charge is 0.227 e. The fraction of sp³-hybridized carbons (Fsp3) is 0.357. The number of halogens is 1. The van der Waals surface area contributed by atoms with Gasteiger partial charge in [-0.3, -0.25) is 0 Å². The zero-order valence-electron chi connectivity index (χ0n) is 21.7. The van der Waals surface area contributed by atoms with Gasteiger partial charge < -0.3 is 34.9 Å². The quantitative estimate of drug-likeness (QED) is 0.305. The molecule has 1 fully saturated rings. The number of benzene rings is 2. The fourth-order valence-corrected chi connectivity index (χ4v) is 5.59. The van der Waals surface area contributed by atoms with Gasteiger partial charge in [0, 0.05) is 43.4 Å². The number of hydrogen-bond donors (Lipinski definition) is 2. The summed E-state index contributed by atoms with van der Waals surface area (Å²) in [6, 6.07) is 9.87. The third kappa shape index (κ3) is 4.56. The number of methoxy groups -OCH3 is 1. The minimum atomic E-state index is 0.403. The highest BCUT2D eigenvalue weighted by Crippen LogP contribution is 2.40. The van der Waals surface area contributed by atoms with Crippen molar-refractivity contribution >= 4 is 45.5 Å². The van der Waals surface area contributed by atoms with Gasteiger partial charge in [-0.15, -0.1) is 0 Å². The Morgan fingerprint density at radius 3 is 2.87 bits per heavy atom. The van der Waals surface area contributed by atoms with Gasteiger partial charge in [-0.05, 0) is 38.1 Å². The van der Waals surface area contributed by atoms with Crippen LogP contribution >= 0.6 is 11.6 Å². The van der Waals surface area contributed by atoms with Crippen LogP contribution in [0.5, 0.6) is 11.5 Å². The Hall–Kier alpha value is -3.69. The number of ether oxygens (including phenoxy) is 2. The van der Waals surface area contributed by atoms with Crippen LogP contribution in [0.2, 0.25) is 5.02 Å². The number of nitrogen functional groups attached to an aromatic ring is 1. The number of aromatic nitrogens is 3.